The molecule has 0 aliphatic carbocycles. The molecule has 1 heterocycles. The van der Waals surface area contributed by atoms with Crippen molar-refractivity contribution in [2.24, 2.45) is 10.7 Å². The van der Waals surface area contributed by atoms with E-state index < -0.39 is 12.0 Å². The van der Waals surface area contributed by atoms with Crippen LogP contribution in [0.2, 0.25) is 0 Å². The van der Waals surface area contributed by atoms with Gasteiger partial charge in [0.1, 0.15) is 23.6 Å². The van der Waals surface area contributed by atoms with Crippen LogP contribution in [0.5, 0.6) is 0 Å². The Labute approximate surface area is 108 Å². The third-order valence-electron chi connectivity index (χ3n) is 3.02. The average molecular weight is 259 g/mol. The van der Waals surface area contributed by atoms with Gasteiger partial charge in [0.25, 0.3) is 0 Å². The predicted molar refractivity (Wildman–Crippen MR) is 69.9 cm³/mol. The van der Waals surface area contributed by atoms with Gasteiger partial charge in [-0.3, -0.25) is 0 Å². The van der Waals surface area contributed by atoms with Crippen molar-refractivity contribution in [3.05, 3.63) is 65.2 Å². The minimum absolute atomic E-state index is 0.140. The van der Waals surface area contributed by atoms with E-state index in [1.54, 1.807) is 24.3 Å². The monoisotopic (exact) mass is 259 g/mol. The lowest BCUT2D eigenvalue weighted by atomic mass is 10.1. The van der Waals surface area contributed by atoms with Gasteiger partial charge < -0.3 is 11.1 Å². The Balaban J connectivity index is 2.02. The molecule has 0 saturated carbocycles. The number of hydrogen-bond acceptors (Lipinski definition) is 3. The molecule has 1 atom stereocenters. The minimum atomic E-state index is -0.435. The Kier molecular flexibility index (Phi) is 2.67. The van der Waals surface area contributed by atoms with Crippen LogP contribution in [0.25, 0.3) is 0 Å². The molecule has 0 saturated heterocycles. The lowest BCUT2D eigenvalue weighted by molar-refractivity contribution is 0.622. The first kappa shape index (κ1) is 11.6. The fraction of sp³-hybridized carbons (Fsp3) is 0.0714. The average Bonchev–Trinajstić information content (AvgIpc) is 2.39. The topological polar surface area (TPSA) is 50.4 Å². The van der Waals surface area contributed by atoms with E-state index in [9.17, 15) is 8.78 Å². The van der Waals surface area contributed by atoms with Gasteiger partial charge in [0.15, 0.2) is 0 Å². The first-order valence-electron chi connectivity index (χ1n) is 5.79. The molecule has 1 aliphatic heterocycles. The van der Waals surface area contributed by atoms with Gasteiger partial charge in [0, 0.05) is 5.69 Å². The van der Waals surface area contributed by atoms with Crippen molar-refractivity contribution in [3.8, 4) is 0 Å². The second kappa shape index (κ2) is 4.35. The Bertz CT molecular complexity index is 650. The standard InChI is InChI=1S/C14H11F2N3/c15-9-6-4-8(5-7-9)14-18-11-3-1-2-10(16)12(11)13(17)19-14/h1-7,14,18H,(H2,17,19). The second-order valence-electron chi connectivity index (χ2n) is 4.28. The molecule has 3 rings (SSSR count). The molecule has 1 unspecified atom stereocenters. The molecule has 3 N–H and O–H groups in total. The lowest BCUT2D eigenvalue weighted by Crippen LogP contribution is -2.26. The number of amidine groups is 1. The largest absolute Gasteiger partial charge is 0.383 e. The van der Waals surface area contributed by atoms with Gasteiger partial charge in [-0.15, -0.1) is 0 Å². The highest BCUT2D eigenvalue weighted by Crippen LogP contribution is 2.30. The summed E-state index contributed by atoms with van der Waals surface area (Å²) in [5.74, 6) is -0.590. The third-order valence-corrected chi connectivity index (χ3v) is 3.02. The van der Waals surface area contributed by atoms with E-state index >= 15 is 0 Å². The van der Waals surface area contributed by atoms with E-state index in [1.807, 2.05) is 0 Å². The van der Waals surface area contributed by atoms with Crippen molar-refractivity contribution in [1.82, 2.24) is 0 Å². The van der Waals surface area contributed by atoms with Gasteiger partial charge >= 0.3 is 0 Å². The minimum Gasteiger partial charge on any atom is -0.383 e. The Morgan fingerprint density at radius 1 is 1.05 bits per heavy atom. The van der Waals surface area contributed by atoms with Crippen LogP contribution in [0.1, 0.15) is 17.3 Å². The maximum absolute atomic E-state index is 13.7. The molecule has 19 heavy (non-hydrogen) atoms. The number of nitrogens with zero attached hydrogens (tertiary/aromatic N) is 1. The van der Waals surface area contributed by atoms with Crippen LogP contribution < -0.4 is 11.1 Å². The Morgan fingerprint density at radius 2 is 1.79 bits per heavy atom. The van der Waals surface area contributed by atoms with Gasteiger partial charge in [-0.2, -0.15) is 0 Å². The molecule has 96 valence electrons. The van der Waals surface area contributed by atoms with Crippen LogP contribution in [-0.4, -0.2) is 5.84 Å². The number of nitrogens with two attached hydrogens (primary N) is 1. The molecule has 0 radical (unpaired) electrons. The molecule has 0 aromatic heterocycles. The maximum atomic E-state index is 13.7. The lowest BCUT2D eigenvalue weighted by Gasteiger charge is -2.24. The van der Waals surface area contributed by atoms with Gasteiger partial charge in [0.2, 0.25) is 0 Å². The number of nitrogens with one attached hydrogen (secondary N) is 1. The molecule has 0 bridgehead atoms. The van der Waals surface area contributed by atoms with Crippen molar-refractivity contribution in [2.75, 3.05) is 5.32 Å². The summed E-state index contributed by atoms with van der Waals surface area (Å²) >= 11 is 0. The van der Waals surface area contributed by atoms with E-state index in [0.717, 1.165) is 5.56 Å². The summed E-state index contributed by atoms with van der Waals surface area (Å²) < 4.78 is 26.5. The molecule has 5 heteroatoms. The summed E-state index contributed by atoms with van der Waals surface area (Å²) in [4.78, 5) is 4.21. The summed E-state index contributed by atoms with van der Waals surface area (Å²) in [5.41, 5.74) is 7.43. The first-order chi connectivity index (χ1) is 9.15. The third kappa shape index (κ3) is 2.03. The molecule has 3 nitrogen and oxygen atoms in total. The van der Waals surface area contributed by atoms with Crippen molar-refractivity contribution in [1.29, 1.82) is 0 Å². The zero-order chi connectivity index (χ0) is 13.4. The fourth-order valence-electron chi connectivity index (χ4n) is 2.09. The maximum Gasteiger partial charge on any atom is 0.147 e. The van der Waals surface area contributed by atoms with Crippen LogP contribution in [0.4, 0.5) is 14.5 Å². The predicted octanol–water partition coefficient (Wildman–Crippen LogP) is 2.79. The SMILES string of the molecule is NC1=NC(c2ccc(F)cc2)Nc2cccc(F)c21. The summed E-state index contributed by atoms with van der Waals surface area (Å²) in [7, 11) is 0. The zero-order valence-corrected chi connectivity index (χ0v) is 9.90. The van der Waals surface area contributed by atoms with Gasteiger partial charge in [-0.25, -0.2) is 13.8 Å². The molecule has 2 aromatic rings. The van der Waals surface area contributed by atoms with E-state index in [4.69, 9.17) is 5.73 Å². The van der Waals surface area contributed by atoms with Crippen molar-refractivity contribution >= 4 is 11.5 Å². The quantitative estimate of drug-likeness (QED) is 0.827. The number of rotatable bonds is 1. The van der Waals surface area contributed by atoms with Crippen LogP contribution in [0, 0.1) is 11.6 Å². The number of hydrogen-bond donors (Lipinski definition) is 2. The summed E-state index contributed by atoms with van der Waals surface area (Å²) in [6, 6.07) is 10.6. The number of anilines is 1. The van der Waals surface area contributed by atoms with Crippen molar-refractivity contribution in [3.63, 3.8) is 0 Å². The molecular weight excluding hydrogens is 248 g/mol. The smallest absolute Gasteiger partial charge is 0.147 e. The molecular formula is C14H11F2N3. The normalized spacial score (nSPS) is 17.4. The number of benzene rings is 2. The van der Waals surface area contributed by atoms with Gasteiger partial charge in [0.05, 0.1) is 5.56 Å². The van der Waals surface area contributed by atoms with Crippen molar-refractivity contribution in [2.45, 2.75) is 6.17 Å². The molecule has 0 amide bonds. The molecule has 0 spiro atoms. The first-order valence-corrected chi connectivity index (χ1v) is 5.79. The highest BCUT2D eigenvalue weighted by molar-refractivity contribution is 6.04. The second-order valence-corrected chi connectivity index (χ2v) is 4.28. The summed E-state index contributed by atoms with van der Waals surface area (Å²) in [6.45, 7) is 0. The Morgan fingerprint density at radius 3 is 2.53 bits per heavy atom. The summed E-state index contributed by atoms with van der Waals surface area (Å²) in [6.07, 6.45) is -0.435. The fourth-order valence-corrected chi connectivity index (χ4v) is 2.09. The molecule has 2 aromatic carbocycles. The highest BCUT2D eigenvalue weighted by Gasteiger charge is 2.22. The highest BCUT2D eigenvalue weighted by atomic mass is 19.1. The molecule has 1 aliphatic rings. The van der Waals surface area contributed by atoms with E-state index in [-0.39, 0.29) is 17.2 Å². The van der Waals surface area contributed by atoms with E-state index in [1.165, 1.54) is 18.2 Å². The van der Waals surface area contributed by atoms with Crippen LogP contribution in [-0.2, 0) is 0 Å². The van der Waals surface area contributed by atoms with Gasteiger partial charge in [-0.05, 0) is 29.8 Å². The van der Waals surface area contributed by atoms with Gasteiger partial charge in [-0.1, -0.05) is 18.2 Å². The number of aliphatic imine (C=N–C) groups is 1. The van der Waals surface area contributed by atoms with Crippen LogP contribution in [0.3, 0.4) is 0 Å². The van der Waals surface area contributed by atoms with E-state index in [0.29, 0.717) is 5.69 Å². The van der Waals surface area contributed by atoms with Crippen LogP contribution in [0.15, 0.2) is 47.5 Å². The van der Waals surface area contributed by atoms with E-state index in [2.05, 4.69) is 10.3 Å². The Hall–Kier alpha value is -2.43. The number of fused-ring (bicyclic) bond motifs is 1. The molecule has 0 fully saturated rings. The summed E-state index contributed by atoms with van der Waals surface area (Å²) in [5, 5.41) is 3.07. The number of halogens is 2. The van der Waals surface area contributed by atoms with Crippen molar-refractivity contribution < 1.29 is 8.78 Å². The van der Waals surface area contributed by atoms with Crippen LogP contribution >= 0.6 is 0 Å². The zero-order valence-electron chi connectivity index (χ0n) is 9.90.